The second-order valence-corrected chi connectivity index (χ2v) is 6.04. The molecule has 0 aliphatic heterocycles. The predicted molar refractivity (Wildman–Crippen MR) is 100 cm³/mol. The van der Waals surface area contributed by atoms with Crippen molar-refractivity contribution in [3.63, 3.8) is 0 Å². The van der Waals surface area contributed by atoms with Gasteiger partial charge in [0, 0.05) is 21.9 Å². The van der Waals surface area contributed by atoms with Gasteiger partial charge in [-0.2, -0.15) is 0 Å². The summed E-state index contributed by atoms with van der Waals surface area (Å²) in [5.74, 6) is 0.883. The van der Waals surface area contributed by atoms with Gasteiger partial charge in [-0.15, -0.1) is 10.2 Å². The summed E-state index contributed by atoms with van der Waals surface area (Å²) in [5.41, 5.74) is 1.73. The topological polar surface area (TPSA) is 76.1 Å². The number of anilines is 3. The van der Waals surface area contributed by atoms with E-state index in [1.807, 2.05) is 24.3 Å². The fourth-order valence-electron chi connectivity index (χ4n) is 2.10. The summed E-state index contributed by atoms with van der Waals surface area (Å²) in [6.45, 7) is 0. The minimum atomic E-state index is -0.337. The van der Waals surface area contributed by atoms with Gasteiger partial charge in [0.1, 0.15) is 5.75 Å². The Hall–Kier alpha value is -2.93. The van der Waals surface area contributed by atoms with Gasteiger partial charge in [-0.25, -0.2) is 0 Å². The van der Waals surface area contributed by atoms with Gasteiger partial charge in [0.15, 0.2) is 11.5 Å². The Morgan fingerprint density at radius 3 is 2.48 bits per heavy atom. The molecule has 0 radical (unpaired) electrons. The van der Waals surface area contributed by atoms with Crippen LogP contribution in [0.4, 0.5) is 17.2 Å². The third kappa shape index (κ3) is 4.54. The predicted octanol–water partition coefficient (Wildman–Crippen LogP) is 4.24. The third-order valence-electron chi connectivity index (χ3n) is 3.34. The van der Waals surface area contributed by atoms with E-state index in [9.17, 15) is 4.79 Å². The highest BCUT2D eigenvalue weighted by atomic mass is 79.9. The SMILES string of the molecule is COc1cccc(NC(=O)c2ccc(Nc3ccc(Br)cc3)nn2)c1. The summed E-state index contributed by atoms with van der Waals surface area (Å²) in [5, 5.41) is 13.9. The molecule has 0 saturated heterocycles. The van der Waals surface area contributed by atoms with E-state index in [0.717, 1.165) is 10.2 Å². The van der Waals surface area contributed by atoms with Gasteiger partial charge in [-0.05, 0) is 48.5 Å². The highest BCUT2D eigenvalue weighted by Gasteiger charge is 2.09. The molecule has 2 N–H and O–H groups in total. The van der Waals surface area contributed by atoms with Crippen LogP contribution in [0.15, 0.2) is 65.1 Å². The molecule has 0 atom stereocenters. The van der Waals surface area contributed by atoms with Crippen molar-refractivity contribution < 1.29 is 9.53 Å². The molecule has 1 heterocycles. The molecule has 0 fully saturated rings. The number of carbonyl (C=O) groups excluding carboxylic acids is 1. The Bertz CT molecular complexity index is 867. The molecule has 0 saturated carbocycles. The number of aromatic nitrogens is 2. The molecule has 126 valence electrons. The second-order valence-electron chi connectivity index (χ2n) is 5.12. The lowest BCUT2D eigenvalue weighted by molar-refractivity contribution is 0.102. The van der Waals surface area contributed by atoms with Crippen molar-refractivity contribution in [2.24, 2.45) is 0 Å². The number of hydrogen-bond donors (Lipinski definition) is 2. The number of amides is 1. The standard InChI is InChI=1S/C18H15BrN4O2/c1-25-15-4-2-3-14(11-15)21-18(24)16-9-10-17(23-22-16)20-13-7-5-12(19)6-8-13/h2-11H,1H3,(H,20,23)(H,21,24). The van der Waals surface area contributed by atoms with Gasteiger partial charge in [0.2, 0.25) is 0 Å². The second kappa shape index (κ2) is 7.76. The quantitative estimate of drug-likeness (QED) is 0.671. The first-order valence-electron chi connectivity index (χ1n) is 7.46. The minimum Gasteiger partial charge on any atom is -0.497 e. The number of benzene rings is 2. The lowest BCUT2D eigenvalue weighted by Gasteiger charge is -2.07. The Morgan fingerprint density at radius 1 is 1.00 bits per heavy atom. The monoisotopic (exact) mass is 398 g/mol. The molecule has 0 bridgehead atoms. The van der Waals surface area contributed by atoms with Crippen molar-refractivity contribution in [2.45, 2.75) is 0 Å². The van der Waals surface area contributed by atoms with Crippen LogP contribution in [-0.4, -0.2) is 23.2 Å². The van der Waals surface area contributed by atoms with Crippen molar-refractivity contribution in [2.75, 3.05) is 17.7 Å². The molecule has 0 aliphatic rings. The summed E-state index contributed by atoms with van der Waals surface area (Å²) in [6, 6.07) is 18.1. The molecular formula is C18H15BrN4O2. The molecule has 0 spiro atoms. The first kappa shape index (κ1) is 16.9. The van der Waals surface area contributed by atoms with Crippen LogP contribution in [0, 0.1) is 0 Å². The zero-order valence-electron chi connectivity index (χ0n) is 13.4. The molecule has 25 heavy (non-hydrogen) atoms. The zero-order chi connectivity index (χ0) is 17.6. The highest BCUT2D eigenvalue weighted by molar-refractivity contribution is 9.10. The van der Waals surface area contributed by atoms with Crippen molar-refractivity contribution in [3.8, 4) is 5.75 Å². The number of rotatable bonds is 5. The molecule has 0 unspecified atom stereocenters. The van der Waals surface area contributed by atoms with Gasteiger partial charge in [-0.3, -0.25) is 4.79 Å². The molecule has 7 heteroatoms. The summed E-state index contributed by atoms with van der Waals surface area (Å²) in [6.07, 6.45) is 0. The van der Waals surface area contributed by atoms with Crippen LogP contribution in [0.3, 0.4) is 0 Å². The first-order chi connectivity index (χ1) is 12.1. The average molecular weight is 399 g/mol. The van der Waals surface area contributed by atoms with E-state index in [4.69, 9.17) is 4.74 Å². The van der Waals surface area contributed by atoms with E-state index in [1.54, 1.807) is 43.5 Å². The molecule has 6 nitrogen and oxygen atoms in total. The Morgan fingerprint density at radius 2 is 1.80 bits per heavy atom. The molecule has 3 aromatic rings. The van der Waals surface area contributed by atoms with Crippen molar-refractivity contribution in [1.29, 1.82) is 0 Å². The Kier molecular flexibility index (Phi) is 5.25. The third-order valence-corrected chi connectivity index (χ3v) is 3.87. The number of hydrogen-bond acceptors (Lipinski definition) is 5. The summed E-state index contributed by atoms with van der Waals surface area (Å²) >= 11 is 3.38. The molecular weight excluding hydrogens is 384 g/mol. The molecule has 3 rings (SSSR count). The van der Waals surface area contributed by atoms with Crippen LogP contribution >= 0.6 is 15.9 Å². The molecule has 2 aromatic carbocycles. The largest absolute Gasteiger partial charge is 0.497 e. The number of ether oxygens (including phenoxy) is 1. The lowest BCUT2D eigenvalue weighted by atomic mass is 10.3. The maximum Gasteiger partial charge on any atom is 0.276 e. The molecule has 1 amide bonds. The summed E-state index contributed by atoms with van der Waals surface area (Å²) in [7, 11) is 1.57. The highest BCUT2D eigenvalue weighted by Crippen LogP contribution is 2.19. The molecule has 1 aromatic heterocycles. The van der Waals surface area contributed by atoms with Gasteiger partial charge in [0.05, 0.1) is 7.11 Å². The molecule has 0 aliphatic carbocycles. The minimum absolute atomic E-state index is 0.226. The number of nitrogens with one attached hydrogen (secondary N) is 2. The van der Waals surface area contributed by atoms with E-state index < -0.39 is 0 Å². The van der Waals surface area contributed by atoms with Gasteiger partial charge in [-0.1, -0.05) is 22.0 Å². The fraction of sp³-hybridized carbons (Fsp3) is 0.0556. The van der Waals surface area contributed by atoms with Gasteiger partial charge < -0.3 is 15.4 Å². The lowest BCUT2D eigenvalue weighted by Crippen LogP contribution is -2.14. The van der Waals surface area contributed by atoms with Crippen molar-refractivity contribution >= 4 is 39.0 Å². The number of carbonyl (C=O) groups is 1. The van der Waals surface area contributed by atoms with Crippen LogP contribution < -0.4 is 15.4 Å². The van der Waals surface area contributed by atoms with E-state index >= 15 is 0 Å². The maximum absolute atomic E-state index is 12.2. The Balaban J connectivity index is 1.66. The number of methoxy groups -OCH3 is 1. The smallest absolute Gasteiger partial charge is 0.276 e. The number of halogens is 1. The van der Waals surface area contributed by atoms with Crippen molar-refractivity contribution in [3.05, 3.63) is 70.8 Å². The van der Waals surface area contributed by atoms with Crippen LogP contribution in [-0.2, 0) is 0 Å². The van der Waals surface area contributed by atoms with Crippen molar-refractivity contribution in [1.82, 2.24) is 10.2 Å². The maximum atomic E-state index is 12.2. The number of nitrogens with zero attached hydrogens (tertiary/aromatic N) is 2. The van der Waals surface area contributed by atoms with Gasteiger partial charge >= 0.3 is 0 Å². The Labute approximate surface area is 153 Å². The van der Waals surface area contributed by atoms with E-state index in [-0.39, 0.29) is 11.6 Å². The van der Waals surface area contributed by atoms with Crippen LogP contribution in [0.1, 0.15) is 10.5 Å². The fourth-order valence-corrected chi connectivity index (χ4v) is 2.36. The van der Waals surface area contributed by atoms with Crippen LogP contribution in [0.2, 0.25) is 0 Å². The van der Waals surface area contributed by atoms with E-state index in [2.05, 4.69) is 36.8 Å². The van der Waals surface area contributed by atoms with Crippen LogP contribution in [0.5, 0.6) is 5.75 Å². The van der Waals surface area contributed by atoms with E-state index in [0.29, 0.717) is 17.3 Å². The average Bonchev–Trinajstić information content (AvgIpc) is 2.64. The van der Waals surface area contributed by atoms with Gasteiger partial charge in [0.25, 0.3) is 5.91 Å². The normalized spacial score (nSPS) is 10.2. The first-order valence-corrected chi connectivity index (χ1v) is 8.25. The summed E-state index contributed by atoms with van der Waals surface area (Å²) < 4.78 is 6.13. The van der Waals surface area contributed by atoms with E-state index in [1.165, 1.54) is 0 Å². The van der Waals surface area contributed by atoms with Crippen LogP contribution in [0.25, 0.3) is 0 Å². The summed E-state index contributed by atoms with van der Waals surface area (Å²) in [4.78, 5) is 12.2. The zero-order valence-corrected chi connectivity index (χ0v) is 14.9.